The van der Waals surface area contributed by atoms with Crippen LogP contribution in [-0.4, -0.2) is 58.7 Å². The second kappa shape index (κ2) is 7.13. The monoisotopic (exact) mass is 220 g/mol. The first-order chi connectivity index (χ1) is 5.24. The van der Waals surface area contributed by atoms with Gasteiger partial charge < -0.3 is 10.4 Å². The average molecular weight is 220 g/mol. The molecule has 0 aromatic heterocycles. The third kappa shape index (κ3) is 4.46. The van der Waals surface area contributed by atoms with Crippen LogP contribution in [-0.2, 0) is 10.4 Å². The Morgan fingerprint density at radius 2 is 1.55 bits per heavy atom. The molecular weight excluding hydrogens is 205 g/mol. The minimum atomic E-state index is -2.05. The van der Waals surface area contributed by atoms with Crippen LogP contribution in [0.1, 0.15) is 19.8 Å². The van der Waals surface area contributed by atoms with Crippen molar-refractivity contribution >= 4 is 58.7 Å². The highest BCUT2D eigenvalue weighted by Crippen LogP contribution is 2.14. The smallest absolute Gasteiger partial charge is 0.411 e. The zero-order chi connectivity index (χ0) is 8.74. The zero-order valence-corrected chi connectivity index (χ0v) is 14.8. The molecule has 0 atom stereocenters. The van der Waals surface area contributed by atoms with Crippen LogP contribution in [0.2, 0.25) is 6.04 Å². The second-order valence-electron chi connectivity index (χ2n) is 2.40. The summed E-state index contributed by atoms with van der Waals surface area (Å²) >= 11 is 2.22. The Morgan fingerprint density at radius 3 is 1.82 bits per heavy atom. The van der Waals surface area contributed by atoms with Crippen molar-refractivity contribution in [3.05, 3.63) is 0 Å². The molecule has 0 spiro atoms. The summed E-state index contributed by atoms with van der Waals surface area (Å²) in [6, 6.07) is 1.01. The molecule has 0 saturated heterocycles. The fraction of sp³-hybridized carbons (Fsp3) is 1.00. The lowest BCUT2D eigenvalue weighted by atomic mass is 10.4. The summed E-state index contributed by atoms with van der Waals surface area (Å²) in [6.07, 6.45) is 2.36. The molecule has 0 saturated carbocycles. The van der Waals surface area contributed by atoms with Gasteiger partial charge in [0.1, 0.15) is 0 Å². The van der Waals surface area contributed by atoms with Crippen LogP contribution in [0.4, 0.5) is 0 Å². The molecule has 0 aromatic rings. The van der Waals surface area contributed by atoms with E-state index in [1.54, 1.807) is 0 Å². The lowest BCUT2D eigenvalue weighted by Crippen LogP contribution is -2.43. The van der Waals surface area contributed by atoms with Crippen LogP contribution >= 0.6 is 0 Å². The number of rotatable bonds is 6. The molecule has 0 N–H and O–H groups in total. The molecule has 0 rings (SSSR count). The van der Waals surface area contributed by atoms with Gasteiger partial charge >= 0.3 is 58.7 Å². The van der Waals surface area contributed by atoms with Gasteiger partial charge in [-0.05, 0) is 6.42 Å². The Balaban J connectivity index is 3.84. The van der Waals surface area contributed by atoms with E-state index >= 15 is 0 Å². The fourth-order valence-corrected chi connectivity index (χ4v) is 10.7. The van der Waals surface area contributed by atoms with Gasteiger partial charge in [-0.25, -0.2) is 0 Å². The van der Waals surface area contributed by atoms with E-state index in [2.05, 4.69) is 6.92 Å². The average Bonchev–Trinajstić information content (AvgIpc) is 2.08. The van der Waals surface area contributed by atoms with Gasteiger partial charge in [-0.3, -0.25) is 0 Å². The van der Waals surface area contributed by atoms with Crippen LogP contribution in [0, 0.1) is 0 Å². The van der Waals surface area contributed by atoms with E-state index in [4.69, 9.17) is 10.4 Å². The summed E-state index contributed by atoms with van der Waals surface area (Å²) in [5, 5.41) is 0. The predicted molar refractivity (Wildman–Crippen MR) is 54.4 cm³/mol. The first-order valence-corrected chi connectivity index (χ1v) is 8.28. The molecular formula is C4H15Al3O3Si. The summed E-state index contributed by atoms with van der Waals surface area (Å²) in [4.78, 5) is 0. The summed E-state index contributed by atoms with van der Waals surface area (Å²) in [5.74, 6) is 0. The van der Waals surface area contributed by atoms with Crippen LogP contribution in [0.3, 0.4) is 0 Å². The Morgan fingerprint density at radius 1 is 1.09 bits per heavy atom. The van der Waals surface area contributed by atoms with Crippen LogP contribution in [0.5, 0.6) is 0 Å². The summed E-state index contributed by atoms with van der Waals surface area (Å²) < 4.78 is 16.3. The first-order valence-electron chi connectivity index (χ1n) is 3.90. The molecule has 0 bridgehead atoms. The Bertz CT molecular complexity index is 92.3. The number of unbranched alkanes of at least 4 members (excludes halogenated alkanes) is 1. The topological polar surface area (TPSA) is 27.7 Å². The van der Waals surface area contributed by atoms with E-state index in [-0.39, 0.29) is 0 Å². The molecule has 3 nitrogen and oxygen atoms in total. The molecule has 0 aliphatic carbocycles. The highest BCUT2D eigenvalue weighted by Gasteiger charge is 2.30. The van der Waals surface area contributed by atoms with Crippen molar-refractivity contribution in [3.8, 4) is 0 Å². The molecule has 0 fully saturated rings. The third-order valence-electron chi connectivity index (χ3n) is 1.77. The standard InChI is InChI=1S/C4H9O3Si.3Al.6H/c1-2-3-4-8(5,6)7;;;;;;;;;/h2-4H2,1H3;;;;;;;;;/q-3;3*+1;;;;;;. The molecule has 0 radical (unpaired) electrons. The van der Waals surface area contributed by atoms with Crippen molar-refractivity contribution in [1.82, 2.24) is 0 Å². The highest BCUT2D eigenvalue weighted by molar-refractivity contribution is 6.69. The van der Waals surface area contributed by atoms with E-state index in [0.29, 0.717) is 0 Å². The van der Waals surface area contributed by atoms with E-state index in [1.165, 1.54) is 12.8 Å². The predicted octanol–water partition coefficient (Wildman–Crippen LogP) is -1.58. The molecule has 0 aromatic carbocycles. The highest BCUT2D eigenvalue weighted by atomic mass is 28.4. The van der Waals surface area contributed by atoms with E-state index < -0.39 is 8.80 Å². The molecule has 0 unspecified atom stereocenters. The molecule has 11 heavy (non-hydrogen) atoms. The first kappa shape index (κ1) is 12.7. The Kier molecular flexibility index (Phi) is 8.23. The molecule has 0 aliphatic heterocycles. The number of hydrogen-bond acceptors (Lipinski definition) is 3. The van der Waals surface area contributed by atoms with Crippen molar-refractivity contribution in [1.29, 1.82) is 0 Å². The lowest BCUT2D eigenvalue weighted by molar-refractivity contribution is 0.292. The SMILES string of the molecule is CCCC[Si]([O][AlH2])([O][AlH2])[O][AlH2]. The van der Waals surface area contributed by atoms with Gasteiger partial charge in [0.25, 0.3) is 0 Å². The maximum Gasteiger partial charge on any atom is 0.411 e. The molecule has 7 heteroatoms. The van der Waals surface area contributed by atoms with Gasteiger partial charge in [0.2, 0.25) is 0 Å². The second-order valence-corrected chi connectivity index (χ2v) is 9.16. The zero-order valence-electron chi connectivity index (χ0n) is 7.85. The summed E-state index contributed by atoms with van der Waals surface area (Å²) in [5.41, 5.74) is 0. The summed E-state index contributed by atoms with van der Waals surface area (Å²) in [7, 11) is -2.05. The van der Waals surface area contributed by atoms with Crippen LogP contribution in [0.25, 0.3) is 0 Å². The summed E-state index contributed by atoms with van der Waals surface area (Å²) in [6.45, 7) is 2.17. The molecule has 0 aliphatic rings. The third-order valence-corrected chi connectivity index (χ3v) is 10.2. The molecule has 0 heterocycles. The van der Waals surface area contributed by atoms with Crippen LogP contribution in [0.15, 0.2) is 0 Å². The van der Waals surface area contributed by atoms with Gasteiger partial charge in [0.15, 0.2) is 0 Å². The van der Waals surface area contributed by atoms with Crippen molar-refractivity contribution in [2.24, 2.45) is 0 Å². The van der Waals surface area contributed by atoms with E-state index in [9.17, 15) is 0 Å². The number of hydrogen-bond donors (Lipinski definition) is 0. The van der Waals surface area contributed by atoms with Gasteiger partial charge in [-0.2, -0.15) is 0 Å². The van der Waals surface area contributed by atoms with Crippen molar-refractivity contribution in [2.45, 2.75) is 25.8 Å². The minimum absolute atomic E-state index is 0.738. The fourth-order valence-electron chi connectivity index (χ4n) is 0.949. The quantitative estimate of drug-likeness (QED) is 0.506. The largest absolute Gasteiger partial charge is 0.512 e. The van der Waals surface area contributed by atoms with E-state index in [1.807, 2.05) is 0 Å². The van der Waals surface area contributed by atoms with Gasteiger partial charge in [0.05, 0.1) is 0 Å². The Labute approximate surface area is 94.4 Å². The van der Waals surface area contributed by atoms with Gasteiger partial charge in [-0.15, -0.1) is 0 Å². The molecule has 0 amide bonds. The van der Waals surface area contributed by atoms with Crippen molar-refractivity contribution in [3.63, 3.8) is 0 Å². The maximum atomic E-state index is 5.44. The van der Waals surface area contributed by atoms with Crippen molar-refractivity contribution < 1.29 is 10.4 Å². The van der Waals surface area contributed by atoms with Crippen LogP contribution < -0.4 is 0 Å². The maximum absolute atomic E-state index is 5.44. The van der Waals surface area contributed by atoms with E-state index in [0.717, 1.165) is 55.9 Å². The Hall–Kier alpha value is 1.69. The van der Waals surface area contributed by atoms with Crippen molar-refractivity contribution in [2.75, 3.05) is 0 Å². The van der Waals surface area contributed by atoms with Gasteiger partial charge in [-0.1, -0.05) is 13.3 Å². The minimum Gasteiger partial charge on any atom is -0.512 e. The molecule has 62 valence electrons. The lowest BCUT2D eigenvalue weighted by Gasteiger charge is -2.29. The van der Waals surface area contributed by atoms with Gasteiger partial charge in [0, 0.05) is 6.04 Å². The normalized spacial score (nSPS) is 11.7.